The molecule has 0 fully saturated rings. The van der Waals surface area contributed by atoms with Crippen LogP contribution in [0, 0.1) is 69.2 Å². The van der Waals surface area contributed by atoms with E-state index in [1.165, 1.54) is 0 Å². The lowest BCUT2D eigenvalue weighted by atomic mass is 10.5. The van der Waals surface area contributed by atoms with Gasteiger partial charge in [0, 0.05) is 62.0 Å². The van der Waals surface area contributed by atoms with E-state index in [4.69, 9.17) is 73.6 Å². The fourth-order valence-corrected chi connectivity index (χ4v) is 29.0. The Morgan fingerprint density at radius 3 is 0.371 bits per heavy atom. The van der Waals surface area contributed by atoms with Crippen LogP contribution in [0.25, 0.3) is 0 Å². The van der Waals surface area contributed by atoms with Crippen LogP contribution in [-0.4, -0.2) is 95.5 Å². The van der Waals surface area contributed by atoms with Gasteiger partial charge in [0.05, 0.1) is 56.9 Å². The summed E-state index contributed by atoms with van der Waals surface area (Å²) in [6.45, 7) is 19.3. The highest BCUT2D eigenvalue weighted by Gasteiger charge is 2.48. The molecule has 10 aromatic heterocycles. The van der Waals surface area contributed by atoms with Gasteiger partial charge in [-0.2, -0.15) is 118 Å². The quantitative estimate of drug-likeness (QED) is 0.117. The molecule has 11 heterocycles. The minimum atomic E-state index is -4.09. The Bertz CT molecular complexity index is 3080. The smallest absolute Gasteiger partial charge is 0.199 e. The van der Waals surface area contributed by atoms with Crippen LogP contribution in [-0.2, 0) is 0 Å². The van der Waals surface area contributed by atoms with Gasteiger partial charge >= 0.3 is 37.5 Å². The van der Waals surface area contributed by atoms with Crippen molar-refractivity contribution in [2.45, 2.75) is 69.2 Å². The van der Waals surface area contributed by atoms with Crippen molar-refractivity contribution < 1.29 is 0 Å². The molecule has 30 heteroatoms. The average Bonchev–Trinajstić information content (AvgIpc) is 4.15. The number of aryl methyl sites for hydroxylation is 10. The summed E-state index contributed by atoms with van der Waals surface area (Å²) in [7, 11) is -20.5. The van der Waals surface area contributed by atoms with Gasteiger partial charge in [0.15, 0.2) is 0 Å². The Morgan fingerprint density at radius 1 is 0.200 bits per heavy atom. The second-order valence-corrected chi connectivity index (χ2v) is 29.9. The molecule has 25 nitrogen and oxygen atoms in total. The minimum absolute atomic E-state index is 0.707. The lowest BCUT2D eigenvalue weighted by molar-refractivity contribution is 0.833. The minimum Gasteiger partial charge on any atom is -0.199 e. The van der Waals surface area contributed by atoms with Crippen LogP contribution in [0.4, 0.5) is 0 Å². The molecule has 0 amide bonds. The first kappa shape index (κ1) is 45.7. The molecule has 360 valence electrons. The Hall–Kier alpha value is -6.75. The van der Waals surface area contributed by atoms with Crippen LogP contribution >= 0.6 is 37.5 Å². The second kappa shape index (κ2) is 16.7. The molecule has 0 aromatic carbocycles. The van der Waals surface area contributed by atoms with E-state index in [1.54, 1.807) is 44.5 Å². The molecule has 0 saturated carbocycles. The Kier molecular flexibility index (Phi) is 10.9. The lowest BCUT2D eigenvalue weighted by Gasteiger charge is -2.35. The van der Waals surface area contributed by atoms with E-state index in [2.05, 4.69) is 0 Å². The maximum atomic E-state index is 6.29. The van der Waals surface area contributed by atoms with Crippen molar-refractivity contribution in [1.29, 1.82) is 0 Å². The SMILES string of the molecule is Cc1ccn(P2(n3ccc(C)n3)=NP(n3ccc(C)n3)(n3ccc(C)n3)=NP(n3ccc(C)n3)(n3ccc(C)n3)=NP(n3ccc(C)n3)(n3ccc(C)n3)=NP(n3ccc(C)n3)(n3ccc(C)n3)=N2)n1. The fraction of sp³-hybridized carbons (Fsp3) is 0.250. The first-order valence-electron chi connectivity index (χ1n) is 22.0. The standard InChI is InChI=1S/C40H50N25P5/c1-31-11-21-56(41-31)66(57-22-12-32(2)42-57)51-67(58-23-13-33(3)43-58,59-24-14-34(4)44-59)53-69(62-27-17-37(7)47-62,63-28-18-38(8)48-63)55-70(64-29-19-39(9)49-64,65-30-20-40(10)50-65)54-68(52-66,60-25-15-35(5)45-60)61-26-16-36(6)46-61/h11-30H,1-10H3. The van der Waals surface area contributed by atoms with Gasteiger partial charge in [-0.25, -0.2) is 0 Å². The summed E-state index contributed by atoms with van der Waals surface area (Å²) in [4.78, 5) is 0. The average molecular weight is 1040 g/mol. The summed E-state index contributed by atoms with van der Waals surface area (Å²) in [5.41, 5.74) is 7.07. The van der Waals surface area contributed by atoms with Gasteiger partial charge in [0.2, 0.25) is 0 Å². The molecule has 0 N–H and O–H groups in total. The summed E-state index contributed by atoms with van der Waals surface area (Å²) < 4.78 is 49.4. The van der Waals surface area contributed by atoms with Crippen molar-refractivity contribution in [1.82, 2.24) is 95.5 Å². The third-order valence-corrected chi connectivity index (χ3v) is 28.4. The Morgan fingerprint density at radius 2 is 0.300 bits per heavy atom. The van der Waals surface area contributed by atoms with E-state index in [9.17, 15) is 0 Å². The van der Waals surface area contributed by atoms with Crippen molar-refractivity contribution in [3.05, 3.63) is 180 Å². The summed E-state index contributed by atoms with van der Waals surface area (Å²) in [6.07, 6.45) is 18.8. The molecule has 0 atom stereocenters. The molecule has 70 heavy (non-hydrogen) atoms. The Labute approximate surface area is 402 Å². The molecule has 1 aliphatic rings. The third kappa shape index (κ3) is 7.41. The summed E-state index contributed by atoms with van der Waals surface area (Å²) in [6, 6.07) is 19.2. The van der Waals surface area contributed by atoms with Crippen LogP contribution in [0.1, 0.15) is 56.9 Å². The number of nitrogens with zero attached hydrogens (tertiary/aromatic N) is 25. The molecule has 11 rings (SSSR count). The Balaban J connectivity index is 1.60. The molecule has 10 aromatic rings. The van der Waals surface area contributed by atoms with E-state index in [1.807, 2.05) is 192 Å². The number of hydrogen-bond donors (Lipinski definition) is 0. The largest absolute Gasteiger partial charge is 0.313 e. The number of hydrogen-bond acceptors (Lipinski definition) is 15. The van der Waals surface area contributed by atoms with Crippen LogP contribution < -0.4 is 0 Å². The van der Waals surface area contributed by atoms with Crippen molar-refractivity contribution in [2.24, 2.45) is 22.6 Å². The maximum Gasteiger partial charge on any atom is 0.313 e. The summed E-state index contributed by atoms with van der Waals surface area (Å²) >= 11 is 0. The molecular formula is C40H50N25P5. The van der Waals surface area contributed by atoms with Crippen LogP contribution in [0.15, 0.2) is 145 Å². The topological polar surface area (TPSA) is 240 Å². The van der Waals surface area contributed by atoms with Crippen LogP contribution in [0.5, 0.6) is 0 Å². The van der Waals surface area contributed by atoms with Gasteiger partial charge in [0.25, 0.3) is 0 Å². The summed E-state index contributed by atoms with van der Waals surface area (Å²) in [5.74, 6) is 0. The normalized spacial score (nSPS) is 17.0. The van der Waals surface area contributed by atoms with Crippen molar-refractivity contribution >= 4 is 37.5 Å². The van der Waals surface area contributed by atoms with Gasteiger partial charge in [-0.1, -0.05) is 0 Å². The molecule has 0 aliphatic carbocycles. The highest BCUT2D eigenvalue weighted by Crippen LogP contribution is 2.80. The van der Waals surface area contributed by atoms with Crippen LogP contribution in [0.3, 0.4) is 0 Å². The lowest BCUT2D eigenvalue weighted by Crippen LogP contribution is -2.17. The molecule has 1 aliphatic heterocycles. The van der Waals surface area contributed by atoms with Gasteiger partial charge in [-0.3, -0.25) is 0 Å². The number of rotatable bonds is 10. The van der Waals surface area contributed by atoms with Crippen molar-refractivity contribution in [2.75, 3.05) is 0 Å². The molecule has 0 saturated heterocycles. The first-order valence-corrected chi connectivity index (χ1v) is 30.0. The van der Waals surface area contributed by atoms with Gasteiger partial charge in [-0.15, -0.1) is 0 Å². The molecule has 0 radical (unpaired) electrons. The zero-order valence-corrected chi connectivity index (χ0v) is 44.4. The second-order valence-electron chi connectivity index (χ2n) is 16.9. The van der Waals surface area contributed by atoms with E-state index >= 15 is 0 Å². The van der Waals surface area contributed by atoms with E-state index < -0.39 is 37.5 Å². The fourth-order valence-electron chi connectivity index (χ4n) is 7.71. The van der Waals surface area contributed by atoms with Crippen molar-refractivity contribution in [3.63, 3.8) is 0 Å². The highest BCUT2D eigenvalue weighted by atomic mass is 31.3. The third-order valence-electron chi connectivity index (χ3n) is 11.0. The van der Waals surface area contributed by atoms with E-state index in [0.29, 0.717) is 56.9 Å². The van der Waals surface area contributed by atoms with Gasteiger partial charge < -0.3 is 0 Å². The predicted octanol–water partition coefficient (Wildman–Crippen LogP) is 10.3. The van der Waals surface area contributed by atoms with Crippen molar-refractivity contribution in [3.8, 4) is 0 Å². The van der Waals surface area contributed by atoms with Crippen LogP contribution in [0.2, 0.25) is 0 Å². The molecule has 0 spiro atoms. The number of aromatic nitrogens is 20. The highest BCUT2D eigenvalue weighted by molar-refractivity contribution is 7.84. The summed E-state index contributed by atoms with van der Waals surface area (Å²) in [5, 5.41) is 52.4. The first-order chi connectivity index (χ1) is 33.5. The zero-order valence-electron chi connectivity index (χ0n) is 40.0. The molecule has 0 bridgehead atoms. The monoisotopic (exact) mass is 1040 g/mol. The van der Waals surface area contributed by atoms with E-state index in [0.717, 1.165) is 0 Å². The molecule has 0 unspecified atom stereocenters. The molecular weight excluding hydrogens is 985 g/mol. The predicted molar refractivity (Wildman–Crippen MR) is 270 cm³/mol. The van der Waals surface area contributed by atoms with E-state index in [-0.39, 0.29) is 0 Å². The maximum absolute atomic E-state index is 6.29. The van der Waals surface area contributed by atoms with Gasteiger partial charge in [0.1, 0.15) is 0 Å². The van der Waals surface area contributed by atoms with Gasteiger partial charge in [-0.05, 0) is 130 Å². The zero-order chi connectivity index (χ0) is 48.8.